The largest absolute Gasteiger partial charge is 0.134 e. The summed E-state index contributed by atoms with van der Waals surface area (Å²) in [6.07, 6.45) is 5.82. The quantitative estimate of drug-likeness (QED) is 0.514. The van der Waals surface area contributed by atoms with Crippen molar-refractivity contribution in [1.29, 1.82) is 0 Å². The van der Waals surface area contributed by atoms with Gasteiger partial charge in [0.1, 0.15) is 0 Å². The van der Waals surface area contributed by atoms with E-state index < -0.39 is 0 Å². The molecule has 0 aliphatic heterocycles. The summed E-state index contributed by atoms with van der Waals surface area (Å²) in [5.74, 6) is 1.88. The molecule has 1 rings (SSSR count). The van der Waals surface area contributed by atoms with Gasteiger partial charge in [-0.05, 0) is 30.3 Å². The standard InChI is InChI=1S/C9H19P/c1-7(2)8-5-3-4-6-9(8)10/h7-9H,3-6,10H2,1-2H3. The topological polar surface area (TPSA) is 0 Å². The summed E-state index contributed by atoms with van der Waals surface area (Å²) >= 11 is 0. The molecule has 3 atom stereocenters. The Labute approximate surface area is 67.0 Å². The maximum absolute atomic E-state index is 3.01. The molecule has 0 aromatic carbocycles. The molecule has 0 aromatic heterocycles. The van der Waals surface area contributed by atoms with Crippen LogP contribution in [0.25, 0.3) is 0 Å². The minimum absolute atomic E-state index is 0.891. The fourth-order valence-corrected chi connectivity index (χ4v) is 2.89. The molecule has 1 aliphatic rings. The maximum atomic E-state index is 3.01. The van der Waals surface area contributed by atoms with Crippen molar-refractivity contribution in [1.82, 2.24) is 0 Å². The summed E-state index contributed by atoms with van der Waals surface area (Å²) < 4.78 is 0. The molecule has 0 nitrogen and oxygen atoms in total. The Balaban J connectivity index is 2.40. The van der Waals surface area contributed by atoms with Crippen molar-refractivity contribution in [2.45, 2.75) is 45.2 Å². The van der Waals surface area contributed by atoms with E-state index in [0.29, 0.717) is 0 Å². The van der Waals surface area contributed by atoms with Gasteiger partial charge in [0.25, 0.3) is 0 Å². The summed E-state index contributed by atoms with van der Waals surface area (Å²) in [4.78, 5) is 0. The zero-order valence-corrected chi connectivity index (χ0v) is 8.29. The predicted octanol–water partition coefficient (Wildman–Crippen LogP) is 3.08. The molecule has 1 aliphatic carbocycles. The van der Waals surface area contributed by atoms with Crippen molar-refractivity contribution >= 4 is 9.24 Å². The van der Waals surface area contributed by atoms with E-state index in [1.165, 1.54) is 25.7 Å². The molecule has 0 heterocycles. The molecule has 1 fully saturated rings. The zero-order valence-electron chi connectivity index (χ0n) is 7.14. The van der Waals surface area contributed by atoms with Crippen LogP contribution in [0.2, 0.25) is 0 Å². The van der Waals surface area contributed by atoms with Gasteiger partial charge in [-0.25, -0.2) is 0 Å². The van der Waals surface area contributed by atoms with Crippen LogP contribution in [-0.2, 0) is 0 Å². The van der Waals surface area contributed by atoms with Crippen LogP contribution >= 0.6 is 9.24 Å². The minimum Gasteiger partial charge on any atom is -0.134 e. The van der Waals surface area contributed by atoms with Gasteiger partial charge < -0.3 is 0 Å². The molecule has 0 bridgehead atoms. The molecule has 1 heteroatoms. The van der Waals surface area contributed by atoms with Crippen LogP contribution in [0.15, 0.2) is 0 Å². The Kier molecular flexibility index (Phi) is 3.17. The highest BCUT2D eigenvalue weighted by molar-refractivity contribution is 7.17. The van der Waals surface area contributed by atoms with E-state index in [2.05, 4.69) is 23.1 Å². The highest BCUT2D eigenvalue weighted by atomic mass is 31.0. The highest BCUT2D eigenvalue weighted by Crippen LogP contribution is 2.34. The first-order valence-corrected chi connectivity index (χ1v) is 5.14. The molecule has 0 saturated heterocycles. The predicted molar refractivity (Wildman–Crippen MR) is 50.3 cm³/mol. The number of hydrogen-bond donors (Lipinski definition) is 0. The van der Waals surface area contributed by atoms with Crippen molar-refractivity contribution in [2.75, 3.05) is 0 Å². The Bertz CT molecular complexity index is 98.9. The van der Waals surface area contributed by atoms with E-state index in [1.807, 2.05) is 0 Å². The second kappa shape index (κ2) is 3.72. The van der Waals surface area contributed by atoms with Crippen LogP contribution in [0.1, 0.15) is 39.5 Å². The molecule has 0 aromatic rings. The van der Waals surface area contributed by atoms with Crippen LogP contribution in [0.3, 0.4) is 0 Å². The fourth-order valence-electron chi connectivity index (χ4n) is 2.02. The van der Waals surface area contributed by atoms with Gasteiger partial charge in [-0.15, -0.1) is 9.24 Å². The van der Waals surface area contributed by atoms with Crippen molar-refractivity contribution in [3.05, 3.63) is 0 Å². The molecule has 0 spiro atoms. The van der Waals surface area contributed by atoms with E-state index in [1.54, 1.807) is 0 Å². The lowest BCUT2D eigenvalue weighted by atomic mass is 9.81. The number of hydrogen-bond acceptors (Lipinski definition) is 0. The van der Waals surface area contributed by atoms with Gasteiger partial charge in [-0.2, -0.15) is 0 Å². The van der Waals surface area contributed by atoms with Gasteiger partial charge in [0.2, 0.25) is 0 Å². The van der Waals surface area contributed by atoms with Crippen LogP contribution in [0.5, 0.6) is 0 Å². The third-order valence-corrected chi connectivity index (χ3v) is 3.56. The van der Waals surface area contributed by atoms with Gasteiger partial charge >= 0.3 is 0 Å². The summed E-state index contributed by atoms with van der Waals surface area (Å²) in [5, 5.41) is 0. The molecular weight excluding hydrogens is 139 g/mol. The highest BCUT2D eigenvalue weighted by Gasteiger charge is 2.23. The molecule has 3 unspecified atom stereocenters. The van der Waals surface area contributed by atoms with E-state index >= 15 is 0 Å². The van der Waals surface area contributed by atoms with Gasteiger partial charge in [-0.3, -0.25) is 0 Å². The van der Waals surface area contributed by atoms with E-state index in [-0.39, 0.29) is 0 Å². The van der Waals surface area contributed by atoms with Crippen molar-refractivity contribution in [3.63, 3.8) is 0 Å². The number of rotatable bonds is 1. The Hall–Kier alpha value is 0.430. The molecule has 0 amide bonds. The van der Waals surface area contributed by atoms with E-state index in [0.717, 1.165) is 17.5 Å². The maximum Gasteiger partial charge on any atom is -0.0233 e. The molecular formula is C9H19P. The normalized spacial score (nSPS) is 34.8. The summed E-state index contributed by atoms with van der Waals surface area (Å²) in [6, 6.07) is 0. The Morgan fingerprint density at radius 2 is 1.80 bits per heavy atom. The zero-order chi connectivity index (χ0) is 7.56. The summed E-state index contributed by atoms with van der Waals surface area (Å²) in [6.45, 7) is 4.71. The first kappa shape index (κ1) is 8.53. The lowest BCUT2D eigenvalue weighted by Gasteiger charge is -2.31. The van der Waals surface area contributed by atoms with Crippen molar-refractivity contribution < 1.29 is 0 Å². The Morgan fingerprint density at radius 3 is 2.20 bits per heavy atom. The summed E-state index contributed by atoms with van der Waals surface area (Å²) in [7, 11) is 3.01. The average Bonchev–Trinajstić information content (AvgIpc) is 1.88. The van der Waals surface area contributed by atoms with Crippen LogP contribution < -0.4 is 0 Å². The van der Waals surface area contributed by atoms with Gasteiger partial charge in [0.15, 0.2) is 0 Å². The van der Waals surface area contributed by atoms with Crippen LogP contribution in [-0.4, -0.2) is 5.66 Å². The smallest absolute Gasteiger partial charge is 0.0233 e. The Morgan fingerprint density at radius 1 is 1.20 bits per heavy atom. The summed E-state index contributed by atoms with van der Waals surface area (Å²) in [5.41, 5.74) is 0.911. The van der Waals surface area contributed by atoms with E-state index in [4.69, 9.17) is 0 Å². The van der Waals surface area contributed by atoms with E-state index in [9.17, 15) is 0 Å². The van der Waals surface area contributed by atoms with Crippen LogP contribution in [0, 0.1) is 11.8 Å². The lowest BCUT2D eigenvalue weighted by Crippen LogP contribution is -2.23. The molecule has 0 radical (unpaired) electrons. The molecule has 60 valence electrons. The van der Waals surface area contributed by atoms with Gasteiger partial charge in [0, 0.05) is 0 Å². The molecule has 10 heavy (non-hydrogen) atoms. The second-order valence-electron chi connectivity index (χ2n) is 3.86. The minimum atomic E-state index is 0.891. The van der Waals surface area contributed by atoms with Crippen molar-refractivity contribution in [3.8, 4) is 0 Å². The first-order chi connectivity index (χ1) is 4.72. The third-order valence-electron chi connectivity index (χ3n) is 2.73. The monoisotopic (exact) mass is 158 g/mol. The van der Waals surface area contributed by atoms with Crippen LogP contribution in [0.4, 0.5) is 0 Å². The van der Waals surface area contributed by atoms with Gasteiger partial charge in [0.05, 0.1) is 0 Å². The average molecular weight is 158 g/mol. The van der Waals surface area contributed by atoms with Crippen molar-refractivity contribution in [2.24, 2.45) is 11.8 Å². The van der Waals surface area contributed by atoms with Gasteiger partial charge in [-0.1, -0.05) is 26.7 Å². The molecule has 0 N–H and O–H groups in total. The first-order valence-electron chi connectivity index (χ1n) is 4.47. The molecule has 1 saturated carbocycles. The second-order valence-corrected chi connectivity index (χ2v) is 4.71. The SMILES string of the molecule is CC(C)C1CCCCC1P. The fraction of sp³-hybridized carbons (Fsp3) is 1.00. The third kappa shape index (κ3) is 1.95. The lowest BCUT2D eigenvalue weighted by molar-refractivity contribution is 0.289.